The van der Waals surface area contributed by atoms with E-state index in [-0.39, 0.29) is 10.7 Å². The molecule has 2 aromatic carbocycles. The molecule has 0 amide bonds. The van der Waals surface area contributed by atoms with Gasteiger partial charge in [-0.1, -0.05) is 35.3 Å². The SMILES string of the molecule is Cc1nn(C)c(Cc2ccc(S(=O)(=O)O)cc2)c1C(=O)c1ccc(Cl)c(C)c1Cl. The van der Waals surface area contributed by atoms with Gasteiger partial charge in [-0.3, -0.25) is 14.0 Å². The van der Waals surface area contributed by atoms with Crippen LogP contribution in [-0.2, 0) is 23.6 Å². The van der Waals surface area contributed by atoms with Crippen LogP contribution in [0.4, 0.5) is 0 Å². The topological polar surface area (TPSA) is 89.3 Å². The maximum atomic E-state index is 13.3. The van der Waals surface area contributed by atoms with Crippen LogP contribution < -0.4 is 0 Å². The number of ketones is 1. The van der Waals surface area contributed by atoms with Crippen LogP contribution in [0.5, 0.6) is 0 Å². The summed E-state index contributed by atoms with van der Waals surface area (Å²) in [5.74, 6) is -0.259. The zero-order valence-electron chi connectivity index (χ0n) is 15.9. The van der Waals surface area contributed by atoms with E-state index in [4.69, 9.17) is 27.8 Å². The van der Waals surface area contributed by atoms with E-state index in [0.29, 0.717) is 44.5 Å². The van der Waals surface area contributed by atoms with Gasteiger partial charge in [0.1, 0.15) is 0 Å². The van der Waals surface area contributed by atoms with Gasteiger partial charge in [0.2, 0.25) is 0 Å². The molecule has 1 heterocycles. The smallest absolute Gasteiger partial charge is 0.288 e. The number of halogens is 2. The van der Waals surface area contributed by atoms with Gasteiger partial charge >= 0.3 is 0 Å². The highest BCUT2D eigenvalue weighted by Crippen LogP contribution is 2.30. The van der Waals surface area contributed by atoms with Crippen molar-refractivity contribution in [2.75, 3.05) is 0 Å². The lowest BCUT2D eigenvalue weighted by Gasteiger charge is -2.10. The monoisotopic (exact) mass is 452 g/mol. The van der Waals surface area contributed by atoms with Gasteiger partial charge in [0.25, 0.3) is 10.1 Å². The molecule has 3 rings (SSSR count). The lowest BCUT2D eigenvalue weighted by Crippen LogP contribution is -2.09. The molecule has 3 aromatic rings. The molecule has 0 atom stereocenters. The first-order valence-electron chi connectivity index (χ1n) is 8.59. The first-order valence-corrected chi connectivity index (χ1v) is 10.8. The molecule has 0 aliphatic carbocycles. The van der Waals surface area contributed by atoms with E-state index in [2.05, 4.69) is 5.10 Å². The Balaban J connectivity index is 2.03. The van der Waals surface area contributed by atoms with E-state index in [9.17, 15) is 13.2 Å². The minimum atomic E-state index is -4.26. The summed E-state index contributed by atoms with van der Waals surface area (Å²) in [4.78, 5) is 13.1. The highest BCUT2D eigenvalue weighted by Gasteiger charge is 2.24. The van der Waals surface area contributed by atoms with Crippen LogP contribution in [0.2, 0.25) is 10.0 Å². The normalized spacial score (nSPS) is 11.7. The quantitative estimate of drug-likeness (QED) is 0.457. The molecular formula is C20H18Cl2N2O4S. The Morgan fingerprint density at radius 2 is 1.72 bits per heavy atom. The van der Waals surface area contributed by atoms with Crippen molar-refractivity contribution in [3.63, 3.8) is 0 Å². The van der Waals surface area contributed by atoms with E-state index in [0.717, 1.165) is 5.56 Å². The number of hydrogen-bond acceptors (Lipinski definition) is 4. The van der Waals surface area contributed by atoms with Crippen molar-refractivity contribution in [1.29, 1.82) is 0 Å². The van der Waals surface area contributed by atoms with Gasteiger partial charge in [-0.15, -0.1) is 0 Å². The number of rotatable bonds is 5. The number of hydrogen-bond donors (Lipinski definition) is 1. The predicted octanol–water partition coefficient (Wildman–Crippen LogP) is 4.41. The van der Waals surface area contributed by atoms with Crippen LogP contribution in [0.15, 0.2) is 41.3 Å². The fraction of sp³-hybridized carbons (Fsp3) is 0.200. The average Bonchev–Trinajstić information content (AvgIpc) is 2.92. The summed E-state index contributed by atoms with van der Waals surface area (Å²) in [6.45, 7) is 3.49. The van der Waals surface area contributed by atoms with Gasteiger partial charge in [-0.05, 0) is 49.2 Å². The third kappa shape index (κ3) is 4.23. The van der Waals surface area contributed by atoms with Crippen molar-refractivity contribution >= 4 is 39.1 Å². The molecule has 0 spiro atoms. The molecule has 1 N–H and O–H groups in total. The van der Waals surface area contributed by atoms with Crippen LogP contribution in [0.25, 0.3) is 0 Å². The summed E-state index contributed by atoms with van der Waals surface area (Å²) in [7, 11) is -2.53. The first kappa shape index (κ1) is 21.5. The summed E-state index contributed by atoms with van der Waals surface area (Å²) in [6.07, 6.45) is 0.342. The molecule has 0 aliphatic heterocycles. The van der Waals surface area contributed by atoms with Crippen molar-refractivity contribution in [3.8, 4) is 0 Å². The predicted molar refractivity (Wildman–Crippen MR) is 112 cm³/mol. The second kappa shape index (κ2) is 7.91. The number of carbonyl (C=O) groups is 1. The van der Waals surface area contributed by atoms with Gasteiger partial charge in [-0.2, -0.15) is 13.5 Å². The van der Waals surface area contributed by atoms with Gasteiger partial charge < -0.3 is 0 Å². The van der Waals surface area contributed by atoms with Crippen LogP contribution in [0.1, 0.15) is 38.4 Å². The lowest BCUT2D eigenvalue weighted by atomic mass is 9.97. The summed E-state index contributed by atoms with van der Waals surface area (Å²) in [5, 5.41) is 5.15. The molecule has 9 heteroatoms. The molecule has 152 valence electrons. The molecule has 0 saturated carbocycles. The lowest BCUT2D eigenvalue weighted by molar-refractivity contribution is 0.103. The fourth-order valence-electron chi connectivity index (χ4n) is 3.15. The molecule has 1 aromatic heterocycles. The Morgan fingerprint density at radius 3 is 2.31 bits per heavy atom. The zero-order valence-corrected chi connectivity index (χ0v) is 18.2. The summed E-state index contributed by atoms with van der Waals surface area (Å²) in [6, 6.07) is 9.02. The fourth-order valence-corrected chi connectivity index (χ4v) is 4.08. The largest absolute Gasteiger partial charge is 0.294 e. The minimum absolute atomic E-state index is 0.192. The van der Waals surface area contributed by atoms with E-state index in [1.165, 1.54) is 12.1 Å². The number of benzene rings is 2. The van der Waals surface area contributed by atoms with Crippen molar-refractivity contribution in [3.05, 3.63) is 80.1 Å². The molecule has 0 unspecified atom stereocenters. The third-order valence-electron chi connectivity index (χ3n) is 4.73. The highest BCUT2D eigenvalue weighted by atomic mass is 35.5. The summed E-state index contributed by atoms with van der Waals surface area (Å²) in [5.41, 5.74) is 3.39. The van der Waals surface area contributed by atoms with Crippen LogP contribution in [0.3, 0.4) is 0 Å². The van der Waals surface area contributed by atoms with E-state index in [1.807, 2.05) is 0 Å². The molecule has 0 saturated heterocycles. The van der Waals surface area contributed by atoms with Crippen molar-refractivity contribution in [2.24, 2.45) is 7.05 Å². The standard InChI is InChI=1S/C20H18Cl2N2O4S/c1-11-16(21)9-8-15(19(11)22)20(25)18-12(2)23-24(3)17(18)10-13-4-6-14(7-5-13)29(26,27)28/h4-9H,10H2,1-3H3,(H,26,27,28). The van der Waals surface area contributed by atoms with Gasteiger partial charge in [0, 0.05) is 24.1 Å². The first-order chi connectivity index (χ1) is 13.5. The van der Waals surface area contributed by atoms with Crippen LogP contribution in [-0.4, -0.2) is 28.5 Å². The van der Waals surface area contributed by atoms with Crippen molar-refractivity contribution in [2.45, 2.75) is 25.2 Å². The third-order valence-corrected chi connectivity index (χ3v) is 6.49. The molecule has 6 nitrogen and oxygen atoms in total. The Bertz CT molecular complexity index is 1220. The van der Waals surface area contributed by atoms with E-state index < -0.39 is 10.1 Å². The summed E-state index contributed by atoms with van der Waals surface area (Å²) < 4.78 is 33.2. The van der Waals surface area contributed by atoms with E-state index in [1.54, 1.807) is 49.8 Å². The van der Waals surface area contributed by atoms with Gasteiger partial charge in [0.15, 0.2) is 5.78 Å². The second-order valence-corrected chi connectivity index (χ2v) is 8.90. The van der Waals surface area contributed by atoms with Crippen LogP contribution in [0, 0.1) is 13.8 Å². The highest BCUT2D eigenvalue weighted by molar-refractivity contribution is 7.85. The Kier molecular flexibility index (Phi) is 5.87. The van der Waals surface area contributed by atoms with Gasteiger partial charge in [0.05, 0.1) is 26.9 Å². The van der Waals surface area contributed by atoms with Crippen molar-refractivity contribution in [1.82, 2.24) is 9.78 Å². The number of nitrogens with zero attached hydrogens (tertiary/aromatic N) is 2. The molecular weight excluding hydrogens is 435 g/mol. The summed E-state index contributed by atoms with van der Waals surface area (Å²) >= 11 is 12.4. The molecule has 0 radical (unpaired) electrons. The number of carbonyl (C=O) groups excluding carboxylic acids is 1. The second-order valence-electron chi connectivity index (χ2n) is 6.69. The molecule has 29 heavy (non-hydrogen) atoms. The molecule has 0 bridgehead atoms. The van der Waals surface area contributed by atoms with Gasteiger partial charge in [-0.25, -0.2) is 0 Å². The molecule has 0 aliphatic rings. The zero-order chi connectivity index (χ0) is 21.5. The Morgan fingerprint density at radius 1 is 1.10 bits per heavy atom. The van der Waals surface area contributed by atoms with E-state index >= 15 is 0 Å². The average molecular weight is 453 g/mol. The number of aryl methyl sites for hydroxylation is 2. The molecule has 0 fully saturated rings. The minimum Gasteiger partial charge on any atom is -0.288 e. The Hall–Kier alpha value is -2.19. The maximum Gasteiger partial charge on any atom is 0.294 e. The van der Waals surface area contributed by atoms with Crippen LogP contribution >= 0.6 is 23.2 Å². The number of aromatic nitrogens is 2. The Labute approximate surface area is 178 Å². The van der Waals surface area contributed by atoms with Crippen molar-refractivity contribution < 1.29 is 17.8 Å². The maximum absolute atomic E-state index is 13.3.